The van der Waals surface area contributed by atoms with Crippen LogP contribution >= 0.6 is 0 Å². The number of alkyl halides is 3. The molecule has 0 aromatic heterocycles. The van der Waals surface area contributed by atoms with E-state index in [9.17, 15) is 21.6 Å². The molecule has 0 aliphatic heterocycles. The zero-order chi connectivity index (χ0) is 7.71. The van der Waals surface area contributed by atoms with Gasteiger partial charge in [-0.3, -0.25) is 0 Å². The summed E-state index contributed by atoms with van der Waals surface area (Å²) in [5.74, 6) is 0. The summed E-state index contributed by atoms with van der Waals surface area (Å²) in [4.78, 5) is 0. The van der Waals surface area contributed by atoms with Crippen molar-refractivity contribution in [1.82, 2.24) is 0 Å². The monoisotopic (exact) mass is 161 g/mol. The maximum atomic E-state index is 11.0. The van der Waals surface area contributed by atoms with E-state index >= 15 is 0 Å². The van der Waals surface area contributed by atoms with Gasteiger partial charge in [0.1, 0.15) is 0 Å². The van der Waals surface area contributed by atoms with Crippen molar-refractivity contribution in [2.24, 2.45) is 0 Å². The van der Waals surface area contributed by atoms with Crippen LogP contribution in [-0.2, 0) is 10.0 Å². The maximum absolute atomic E-state index is 11.0. The Balaban J connectivity index is 4.86. The van der Waals surface area contributed by atoms with Crippen molar-refractivity contribution in [3.63, 3.8) is 0 Å². The molecule has 9 heavy (non-hydrogen) atoms. The van der Waals surface area contributed by atoms with Gasteiger partial charge in [0.25, 0.3) is 4.38 Å². The van der Waals surface area contributed by atoms with Gasteiger partial charge in [-0.25, -0.2) is 0 Å². The lowest BCUT2D eigenvalue weighted by molar-refractivity contribution is -0.0424. The predicted molar refractivity (Wildman–Crippen MR) is 20.1 cm³/mol. The molecule has 0 aromatic rings. The van der Waals surface area contributed by atoms with Crippen LogP contribution in [0, 0.1) is 5.39 Å². The second kappa shape index (κ2) is 1.84. The first-order valence-electron chi connectivity index (χ1n) is 1.49. The molecule has 52 valence electrons. The first-order valence-corrected chi connectivity index (χ1v) is 2.93. The molecule has 0 saturated carbocycles. The lowest BCUT2D eigenvalue weighted by atomic mass is 11.6. The molecular weight excluding hydrogens is 161 g/mol. The largest absolute Gasteiger partial charge is 0.624 e. The number of nitrogens with zero attached hydrogens (tertiary/aromatic N) is 2. The van der Waals surface area contributed by atoms with Crippen LogP contribution in [0.4, 0.5) is 13.2 Å². The molecule has 0 unspecified atom stereocenters. The van der Waals surface area contributed by atoms with Gasteiger partial charge in [0.15, 0.2) is 0 Å². The van der Waals surface area contributed by atoms with Gasteiger partial charge in [0.05, 0.1) is 0 Å². The summed E-state index contributed by atoms with van der Waals surface area (Å²) >= 11 is 0. The lowest BCUT2D eigenvalue weighted by Crippen LogP contribution is -2.18. The van der Waals surface area contributed by atoms with Crippen LogP contribution in [0.1, 0.15) is 0 Å². The van der Waals surface area contributed by atoms with E-state index in [1.165, 1.54) is 0 Å². The van der Waals surface area contributed by atoms with Crippen LogP contribution in [0.5, 0.6) is 0 Å². The summed E-state index contributed by atoms with van der Waals surface area (Å²) in [7, 11) is -5.66. The van der Waals surface area contributed by atoms with Crippen LogP contribution in [0.15, 0.2) is 0 Å². The van der Waals surface area contributed by atoms with Gasteiger partial charge < -0.3 is 0 Å². The third-order valence-electron chi connectivity index (χ3n) is 0.400. The van der Waals surface area contributed by atoms with Crippen molar-refractivity contribution in [2.75, 3.05) is 0 Å². The number of halogens is 3. The predicted octanol–water partition coefficient (Wildman–Crippen LogP) is 0.689. The van der Waals surface area contributed by atoms with Gasteiger partial charge in [0, 0.05) is 0 Å². The highest BCUT2D eigenvalue weighted by Gasteiger charge is 2.58. The highest BCUT2D eigenvalue weighted by atomic mass is 32.2. The summed E-state index contributed by atoms with van der Waals surface area (Å²) in [5, 5.41) is 7.25. The molecule has 8 heteroatoms. The van der Waals surface area contributed by atoms with Gasteiger partial charge >= 0.3 is 15.5 Å². The quantitative estimate of drug-likeness (QED) is 0.491. The van der Waals surface area contributed by atoms with Crippen LogP contribution in [-0.4, -0.2) is 13.9 Å². The second-order valence-corrected chi connectivity index (χ2v) is 2.58. The third kappa shape index (κ3) is 1.53. The van der Waals surface area contributed by atoms with E-state index in [0.29, 0.717) is 0 Å². The minimum Gasteiger partial charge on any atom is -0.150 e. The molecule has 0 bridgehead atoms. The molecule has 4 nitrogen and oxygen atoms in total. The Morgan fingerprint density at radius 2 is 1.67 bits per heavy atom. The van der Waals surface area contributed by atoms with Crippen LogP contribution in [0.2, 0.25) is 0 Å². The van der Waals surface area contributed by atoms with Crippen molar-refractivity contribution >= 4 is 10.0 Å². The Labute approximate surface area is 48.0 Å². The summed E-state index contributed by atoms with van der Waals surface area (Å²) in [5.41, 5.74) is -5.50. The van der Waals surface area contributed by atoms with E-state index in [1.807, 2.05) is 0 Å². The third-order valence-corrected chi connectivity index (χ3v) is 1.20. The average Bonchev–Trinajstić information content (AvgIpc) is 1.64. The summed E-state index contributed by atoms with van der Waals surface area (Å²) in [6, 6.07) is 0. The molecule has 0 saturated heterocycles. The van der Waals surface area contributed by atoms with E-state index in [0.717, 1.165) is 4.38 Å². The fraction of sp³-hybridized carbons (Fsp3) is 1.00. The first-order chi connectivity index (χ1) is 3.81. The van der Waals surface area contributed by atoms with Crippen LogP contribution < -0.4 is 0 Å². The Hall–Kier alpha value is -0.840. The van der Waals surface area contributed by atoms with E-state index in [1.54, 1.807) is 0 Å². The second-order valence-electron chi connectivity index (χ2n) is 1.00. The Kier molecular flexibility index (Phi) is 1.67. The zero-order valence-electron chi connectivity index (χ0n) is 3.75. The van der Waals surface area contributed by atoms with E-state index in [-0.39, 0.29) is 0 Å². The minimum atomic E-state index is -5.66. The normalized spacial score (nSPS) is 12.7. The standard InChI is InChI=1S/CF3N2O2S/c2-1(3,4)9(7,8)6-5/q+1. The fourth-order valence-corrected chi connectivity index (χ4v) is 0.139. The molecule has 0 spiro atoms. The molecule has 0 atom stereocenters. The van der Waals surface area contributed by atoms with Crippen molar-refractivity contribution in [3.8, 4) is 0 Å². The van der Waals surface area contributed by atoms with Crippen molar-refractivity contribution in [2.45, 2.75) is 5.51 Å². The van der Waals surface area contributed by atoms with Crippen LogP contribution in [0.3, 0.4) is 0 Å². The van der Waals surface area contributed by atoms with Crippen molar-refractivity contribution in [3.05, 3.63) is 4.38 Å². The van der Waals surface area contributed by atoms with Gasteiger partial charge in [-0.05, 0) is 0 Å². The summed E-state index contributed by atoms with van der Waals surface area (Å²) < 4.78 is 53.1. The van der Waals surface area contributed by atoms with E-state index in [2.05, 4.69) is 0 Å². The van der Waals surface area contributed by atoms with Gasteiger partial charge in [-0.1, -0.05) is 0 Å². The first kappa shape index (κ1) is 8.16. The lowest BCUT2D eigenvalue weighted by Gasteiger charge is -1.87. The average molecular weight is 161 g/mol. The molecule has 0 amide bonds. The molecule has 0 heterocycles. The van der Waals surface area contributed by atoms with Gasteiger partial charge in [0.2, 0.25) is 5.39 Å². The smallest absolute Gasteiger partial charge is 0.150 e. The molecule has 0 N–H and O–H groups in total. The molecule has 0 aromatic carbocycles. The Bertz CT molecular complexity index is 232. The molecule has 0 aliphatic rings. The number of sulfonamides is 1. The molecule has 0 fully saturated rings. The van der Waals surface area contributed by atoms with E-state index < -0.39 is 15.5 Å². The topological polar surface area (TPSA) is 62.3 Å². The zero-order valence-corrected chi connectivity index (χ0v) is 4.57. The molecule has 0 radical (unpaired) electrons. The highest BCUT2D eigenvalue weighted by Crippen LogP contribution is 2.23. The van der Waals surface area contributed by atoms with Gasteiger partial charge in [-0.15, -0.1) is 8.42 Å². The summed E-state index contributed by atoms with van der Waals surface area (Å²) in [6.07, 6.45) is 0. The minimum absolute atomic E-state index is 1.14. The van der Waals surface area contributed by atoms with Crippen LogP contribution in [0.25, 0.3) is 4.38 Å². The Morgan fingerprint density at radius 1 is 1.33 bits per heavy atom. The molecule has 0 aliphatic carbocycles. The van der Waals surface area contributed by atoms with Gasteiger partial charge in [-0.2, -0.15) is 13.2 Å². The molecule has 0 rings (SSSR count). The van der Waals surface area contributed by atoms with Crippen molar-refractivity contribution < 1.29 is 21.6 Å². The van der Waals surface area contributed by atoms with Crippen molar-refractivity contribution in [1.29, 1.82) is 5.39 Å². The number of hydrogen-bond acceptors (Lipinski definition) is 3. The number of diazo groups is 1. The SMILES string of the molecule is N#[N+]S(=O)(=O)C(F)(F)F. The Morgan fingerprint density at radius 3 is 1.67 bits per heavy atom. The highest BCUT2D eigenvalue weighted by molar-refractivity contribution is 7.94. The molecular formula is CF3N2O2S+. The fourth-order valence-electron chi connectivity index (χ4n) is 0.0463. The number of rotatable bonds is 0. The summed E-state index contributed by atoms with van der Waals surface area (Å²) in [6.45, 7) is 0. The van der Waals surface area contributed by atoms with E-state index in [4.69, 9.17) is 5.39 Å². The maximum Gasteiger partial charge on any atom is 0.624 e. The number of hydrogen-bond donors (Lipinski definition) is 0.